The van der Waals surface area contributed by atoms with Crippen LogP contribution < -0.4 is 10.0 Å². The maximum atomic E-state index is 12.7. The van der Waals surface area contributed by atoms with Crippen molar-refractivity contribution in [2.24, 2.45) is 0 Å². The zero-order valence-corrected chi connectivity index (χ0v) is 15.5. The minimum Gasteiger partial charge on any atom is -0.360 e. The minimum absolute atomic E-state index is 0.0434. The van der Waals surface area contributed by atoms with Crippen LogP contribution in [0, 0.1) is 6.92 Å². The Kier molecular flexibility index (Phi) is 5.73. The molecule has 0 radical (unpaired) electrons. The van der Waals surface area contributed by atoms with E-state index < -0.39 is 15.9 Å². The fourth-order valence-electron chi connectivity index (χ4n) is 3.10. The SMILES string of the molecule is Cc1cc(NC(=O)c2cccc(S(=O)(=O)NC3CCCCCC3)c2)no1. The molecule has 1 aliphatic rings. The van der Waals surface area contributed by atoms with Gasteiger partial charge in [0.05, 0.1) is 4.90 Å². The molecule has 0 spiro atoms. The second kappa shape index (κ2) is 8.01. The summed E-state index contributed by atoms with van der Waals surface area (Å²) in [6.07, 6.45) is 6.07. The molecule has 1 saturated carbocycles. The number of aryl methyl sites for hydroxylation is 1. The maximum Gasteiger partial charge on any atom is 0.256 e. The third-order valence-corrected chi connectivity index (χ3v) is 5.97. The molecule has 0 aliphatic heterocycles. The summed E-state index contributed by atoms with van der Waals surface area (Å²) in [5, 5.41) is 6.29. The highest BCUT2D eigenvalue weighted by Gasteiger charge is 2.22. The van der Waals surface area contributed by atoms with Crippen molar-refractivity contribution in [1.82, 2.24) is 9.88 Å². The highest BCUT2D eigenvalue weighted by Crippen LogP contribution is 2.20. The van der Waals surface area contributed by atoms with Gasteiger partial charge in [0.1, 0.15) is 5.76 Å². The van der Waals surface area contributed by atoms with Crippen molar-refractivity contribution in [1.29, 1.82) is 0 Å². The van der Waals surface area contributed by atoms with Gasteiger partial charge in [-0.05, 0) is 38.0 Å². The molecule has 1 amide bonds. The Hall–Kier alpha value is -2.19. The van der Waals surface area contributed by atoms with Crippen LogP contribution in [0.4, 0.5) is 5.82 Å². The van der Waals surface area contributed by atoms with Gasteiger partial charge in [-0.3, -0.25) is 4.79 Å². The molecular weight excluding hydrogens is 354 g/mol. The predicted molar refractivity (Wildman–Crippen MR) is 97.4 cm³/mol. The molecule has 0 unspecified atom stereocenters. The van der Waals surface area contributed by atoms with E-state index >= 15 is 0 Å². The van der Waals surface area contributed by atoms with Gasteiger partial charge in [-0.15, -0.1) is 0 Å². The minimum atomic E-state index is -3.67. The topological polar surface area (TPSA) is 101 Å². The first-order valence-corrected chi connectivity index (χ1v) is 10.3. The summed E-state index contributed by atoms with van der Waals surface area (Å²) in [6.45, 7) is 1.72. The highest BCUT2D eigenvalue weighted by atomic mass is 32.2. The number of carbonyl (C=O) groups is 1. The van der Waals surface area contributed by atoms with Gasteiger partial charge in [-0.2, -0.15) is 0 Å². The van der Waals surface area contributed by atoms with E-state index in [1.807, 2.05) is 0 Å². The number of rotatable bonds is 5. The summed E-state index contributed by atoms with van der Waals surface area (Å²) in [5.74, 6) is 0.423. The monoisotopic (exact) mass is 377 g/mol. The fourth-order valence-corrected chi connectivity index (χ4v) is 4.45. The van der Waals surface area contributed by atoms with Crippen LogP contribution in [0.5, 0.6) is 0 Å². The van der Waals surface area contributed by atoms with Crippen LogP contribution in [-0.2, 0) is 10.0 Å². The van der Waals surface area contributed by atoms with Gasteiger partial charge in [0.25, 0.3) is 5.91 Å². The molecule has 0 atom stereocenters. The Morgan fingerprint density at radius 3 is 2.54 bits per heavy atom. The van der Waals surface area contributed by atoms with E-state index in [0.717, 1.165) is 38.5 Å². The van der Waals surface area contributed by atoms with Crippen molar-refractivity contribution in [3.63, 3.8) is 0 Å². The molecule has 2 N–H and O–H groups in total. The van der Waals surface area contributed by atoms with Gasteiger partial charge in [-0.25, -0.2) is 13.1 Å². The first-order valence-electron chi connectivity index (χ1n) is 8.81. The van der Waals surface area contributed by atoms with Crippen LogP contribution in [0.15, 0.2) is 39.8 Å². The molecule has 7 nitrogen and oxygen atoms in total. The van der Waals surface area contributed by atoms with E-state index in [0.29, 0.717) is 5.76 Å². The number of aromatic nitrogens is 1. The van der Waals surface area contributed by atoms with Crippen LogP contribution in [0.3, 0.4) is 0 Å². The number of benzene rings is 1. The van der Waals surface area contributed by atoms with Crippen molar-refractivity contribution >= 4 is 21.7 Å². The molecule has 140 valence electrons. The van der Waals surface area contributed by atoms with Crippen molar-refractivity contribution < 1.29 is 17.7 Å². The molecule has 1 aromatic heterocycles. The van der Waals surface area contributed by atoms with E-state index in [4.69, 9.17) is 4.52 Å². The normalized spacial score (nSPS) is 16.2. The Bertz CT molecular complexity index is 868. The zero-order valence-electron chi connectivity index (χ0n) is 14.7. The lowest BCUT2D eigenvalue weighted by Gasteiger charge is -2.16. The average Bonchev–Trinajstić information content (AvgIpc) is 2.86. The third kappa shape index (κ3) is 4.70. The van der Waals surface area contributed by atoms with Crippen LogP contribution >= 0.6 is 0 Å². The van der Waals surface area contributed by atoms with Gasteiger partial charge < -0.3 is 9.84 Å². The fraction of sp³-hybridized carbons (Fsp3) is 0.444. The van der Waals surface area contributed by atoms with Crippen LogP contribution in [0.25, 0.3) is 0 Å². The molecular formula is C18H23N3O4S. The number of carbonyl (C=O) groups excluding carboxylic acids is 1. The second-order valence-corrected chi connectivity index (χ2v) is 8.33. The number of anilines is 1. The molecule has 1 aromatic carbocycles. The van der Waals surface area contributed by atoms with Crippen molar-refractivity contribution in [3.05, 3.63) is 41.7 Å². The molecule has 26 heavy (non-hydrogen) atoms. The molecule has 1 heterocycles. The van der Waals surface area contributed by atoms with Gasteiger partial charge >= 0.3 is 0 Å². The number of nitrogens with zero attached hydrogens (tertiary/aromatic N) is 1. The van der Waals surface area contributed by atoms with Gasteiger partial charge in [-0.1, -0.05) is 36.9 Å². The summed E-state index contributed by atoms with van der Waals surface area (Å²) >= 11 is 0. The maximum absolute atomic E-state index is 12.7. The smallest absolute Gasteiger partial charge is 0.256 e. The Balaban J connectivity index is 1.73. The molecule has 3 rings (SSSR count). The second-order valence-electron chi connectivity index (χ2n) is 6.61. The van der Waals surface area contributed by atoms with E-state index in [9.17, 15) is 13.2 Å². The first kappa shape index (κ1) is 18.6. The molecule has 8 heteroatoms. The van der Waals surface area contributed by atoms with E-state index in [1.54, 1.807) is 25.1 Å². The summed E-state index contributed by atoms with van der Waals surface area (Å²) in [5.41, 5.74) is 0.245. The zero-order chi connectivity index (χ0) is 18.6. The Labute approximate surface area is 153 Å². The summed E-state index contributed by atoms with van der Waals surface area (Å²) < 4.78 is 33.0. The van der Waals surface area contributed by atoms with Crippen LogP contribution in [0.2, 0.25) is 0 Å². The van der Waals surface area contributed by atoms with Gasteiger partial charge in [0.15, 0.2) is 5.82 Å². The Morgan fingerprint density at radius 2 is 1.88 bits per heavy atom. The van der Waals surface area contributed by atoms with E-state index in [-0.39, 0.29) is 22.3 Å². The first-order chi connectivity index (χ1) is 12.4. The van der Waals surface area contributed by atoms with Gasteiger partial charge in [0.2, 0.25) is 10.0 Å². The third-order valence-electron chi connectivity index (χ3n) is 4.45. The van der Waals surface area contributed by atoms with Gasteiger partial charge in [0, 0.05) is 17.7 Å². The molecule has 2 aromatic rings. The number of nitrogens with one attached hydrogen (secondary N) is 2. The average molecular weight is 377 g/mol. The molecule has 0 saturated heterocycles. The lowest BCUT2D eigenvalue weighted by Crippen LogP contribution is -2.34. The van der Waals surface area contributed by atoms with E-state index in [2.05, 4.69) is 15.2 Å². The van der Waals surface area contributed by atoms with Crippen LogP contribution in [0.1, 0.15) is 54.6 Å². The quantitative estimate of drug-likeness (QED) is 0.779. The lowest BCUT2D eigenvalue weighted by atomic mass is 10.1. The summed E-state index contributed by atoms with van der Waals surface area (Å²) in [4.78, 5) is 12.4. The largest absolute Gasteiger partial charge is 0.360 e. The van der Waals surface area contributed by atoms with E-state index in [1.165, 1.54) is 12.1 Å². The van der Waals surface area contributed by atoms with Crippen molar-refractivity contribution in [2.45, 2.75) is 56.4 Å². The number of amides is 1. The lowest BCUT2D eigenvalue weighted by molar-refractivity contribution is 0.102. The highest BCUT2D eigenvalue weighted by molar-refractivity contribution is 7.89. The van der Waals surface area contributed by atoms with Crippen molar-refractivity contribution in [2.75, 3.05) is 5.32 Å². The molecule has 0 bridgehead atoms. The number of sulfonamides is 1. The Morgan fingerprint density at radius 1 is 1.15 bits per heavy atom. The van der Waals surface area contributed by atoms with Crippen LogP contribution in [-0.4, -0.2) is 25.5 Å². The number of hydrogen-bond acceptors (Lipinski definition) is 5. The summed E-state index contributed by atoms with van der Waals surface area (Å²) in [7, 11) is -3.67. The van der Waals surface area contributed by atoms with Crippen molar-refractivity contribution in [3.8, 4) is 0 Å². The molecule has 1 fully saturated rings. The summed E-state index contributed by atoms with van der Waals surface area (Å²) in [6, 6.07) is 7.54. The standard InChI is InChI=1S/C18H23N3O4S/c1-13-11-17(20-25-13)19-18(22)14-7-6-10-16(12-14)26(23,24)21-15-8-4-2-3-5-9-15/h6-7,10-12,15,21H,2-5,8-9H2,1H3,(H,19,20,22). The molecule has 1 aliphatic carbocycles. The predicted octanol–water partition coefficient (Wildman–Crippen LogP) is 3.24. The number of hydrogen-bond donors (Lipinski definition) is 2.